The van der Waals surface area contributed by atoms with Gasteiger partial charge in [-0.3, -0.25) is 0 Å². The number of benzene rings is 2. The number of hydrogen-bond donors (Lipinski definition) is 1. The van der Waals surface area contributed by atoms with Gasteiger partial charge in [0.1, 0.15) is 5.82 Å². The Morgan fingerprint density at radius 3 is 2.53 bits per heavy atom. The lowest BCUT2D eigenvalue weighted by molar-refractivity contribution is 0.630. The summed E-state index contributed by atoms with van der Waals surface area (Å²) in [5, 5.41) is 0.721. The molecule has 0 aromatic heterocycles. The molecule has 1 nitrogen and oxygen atoms in total. The van der Waals surface area contributed by atoms with Crippen LogP contribution in [0.2, 0.25) is 10.0 Å². The van der Waals surface area contributed by atoms with Crippen LogP contribution in [0.15, 0.2) is 30.3 Å². The molecule has 2 N–H and O–H groups in total. The smallest absolute Gasteiger partial charge is 0.131 e. The van der Waals surface area contributed by atoms with Crippen molar-refractivity contribution in [2.24, 2.45) is 0 Å². The molecule has 0 unspecified atom stereocenters. The first-order chi connectivity index (χ1) is 8.00. The molecule has 2 rings (SSSR count). The van der Waals surface area contributed by atoms with Gasteiger partial charge in [-0.2, -0.15) is 0 Å². The van der Waals surface area contributed by atoms with Crippen LogP contribution in [0.3, 0.4) is 0 Å². The molecule has 0 amide bonds. The van der Waals surface area contributed by atoms with E-state index in [-0.39, 0.29) is 5.82 Å². The van der Waals surface area contributed by atoms with Gasteiger partial charge >= 0.3 is 0 Å². The Kier molecular flexibility index (Phi) is 3.27. The number of aryl methyl sites for hydroxylation is 1. The molecule has 17 heavy (non-hydrogen) atoms. The van der Waals surface area contributed by atoms with Crippen LogP contribution < -0.4 is 5.73 Å². The summed E-state index contributed by atoms with van der Waals surface area (Å²) in [4.78, 5) is 0. The van der Waals surface area contributed by atoms with Crippen molar-refractivity contribution >= 4 is 28.9 Å². The van der Waals surface area contributed by atoms with Crippen molar-refractivity contribution in [1.82, 2.24) is 0 Å². The minimum Gasteiger partial charge on any atom is -0.398 e. The molecular weight excluding hydrogens is 260 g/mol. The average Bonchev–Trinajstić information content (AvgIpc) is 2.28. The van der Waals surface area contributed by atoms with E-state index in [2.05, 4.69) is 0 Å². The van der Waals surface area contributed by atoms with E-state index < -0.39 is 0 Å². The largest absolute Gasteiger partial charge is 0.398 e. The van der Waals surface area contributed by atoms with Crippen LogP contribution in [0.1, 0.15) is 5.56 Å². The summed E-state index contributed by atoms with van der Waals surface area (Å²) in [6, 6.07) is 8.05. The molecule has 0 aliphatic heterocycles. The number of halogens is 3. The molecule has 0 heterocycles. The predicted octanol–water partition coefficient (Wildman–Crippen LogP) is 4.69. The fourth-order valence-corrected chi connectivity index (χ4v) is 2.01. The van der Waals surface area contributed by atoms with Crippen molar-refractivity contribution in [3.05, 3.63) is 51.8 Å². The standard InChI is InChI=1S/C13H10Cl2FN/c1-7-5-11(16)9(6-12(7)17)8-3-2-4-10(14)13(8)15/h2-6H,17H2,1H3. The molecule has 0 aliphatic rings. The topological polar surface area (TPSA) is 26.0 Å². The lowest BCUT2D eigenvalue weighted by Gasteiger charge is -2.09. The van der Waals surface area contributed by atoms with Gasteiger partial charge in [-0.05, 0) is 30.7 Å². The van der Waals surface area contributed by atoms with Gasteiger partial charge in [0.05, 0.1) is 10.0 Å². The van der Waals surface area contributed by atoms with Crippen LogP contribution in [0, 0.1) is 12.7 Å². The summed E-state index contributed by atoms with van der Waals surface area (Å²) >= 11 is 12.0. The van der Waals surface area contributed by atoms with Crippen LogP contribution in [0.25, 0.3) is 11.1 Å². The molecule has 0 radical (unpaired) electrons. The fraction of sp³-hybridized carbons (Fsp3) is 0.0769. The Hall–Kier alpha value is -1.25. The zero-order valence-corrected chi connectivity index (χ0v) is 10.6. The second-order valence-corrected chi connectivity index (χ2v) is 4.58. The zero-order chi connectivity index (χ0) is 12.6. The predicted molar refractivity (Wildman–Crippen MR) is 71.0 cm³/mol. The van der Waals surface area contributed by atoms with Gasteiger partial charge in [0.2, 0.25) is 0 Å². The Labute approximate surface area is 109 Å². The van der Waals surface area contributed by atoms with E-state index in [1.807, 2.05) is 0 Å². The quantitative estimate of drug-likeness (QED) is 0.747. The first-order valence-corrected chi connectivity index (χ1v) is 5.76. The highest BCUT2D eigenvalue weighted by atomic mass is 35.5. The van der Waals surface area contributed by atoms with E-state index >= 15 is 0 Å². The van der Waals surface area contributed by atoms with Crippen LogP contribution in [0.4, 0.5) is 10.1 Å². The molecule has 2 aromatic carbocycles. The molecule has 2 aromatic rings. The SMILES string of the molecule is Cc1cc(F)c(-c2cccc(Cl)c2Cl)cc1N. The first kappa shape index (κ1) is 12.2. The van der Waals surface area contributed by atoms with Crippen LogP contribution in [0.5, 0.6) is 0 Å². The average molecular weight is 270 g/mol. The maximum absolute atomic E-state index is 13.9. The Balaban J connectivity index is 2.69. The molecule has 4 heteroatoms. The molecular formula is C13H10Cl2FN. The van der Waals surface area contributed by atoms with Crippen LogP contribution in [-0.2, 0) is 0 Å². The first-order valence-electron chi connectivity index (χ1n) is 5.00. The van der Waals surface area contributed by atoms with E-state index in [0.29, 0.717) is 32.4 Å². The maximum Gasteiger partial charge on any atom is 0.131 e. The van der Waals surface area contributed by atoms with E-state index in [1.54, 1.807) is 31.2 Å². The maximum atomic E-state index is 13.9. The Morgan fingerprint density at radius 2 is 1.82 bits per heavy atom. The van der Waals surface area contributed by atoms with E-state index in [9.17, 15) is 4.39 Å². The van der Waals surface area contributed by atoms with Gasteiger partial charge in [-0.15, -0.1) is 0 Å². The van der Waals surface area contributed by atoms with Gasteiger partial charge in [0.15, 0.2) is 0 Å². The molecule has 0 atom stereocenters. The van der Waals surface area contributed by atoms with Gasteiger partial charge in [-0.1, -0.05) is 35.3 Å². The second-order valence-electron chi connectivity index (χ2n) is 3.79. The van der Waals surface area contributed by atoms with Crippen molar-refractivity contribution in [3.8, 4) is 11.1 Å². The number of anilines is 1. The van der Waals surface area contributed by atoms with E-state index in [1.165, 1.54) is 6.07 Å². The molecule has 0 aliphatic carbocycles. The summed E-state index contributed by atoms with van der Waals surface area (Å²) in [6.07, 6.45) is 0. The lowest BCUT2D eigenvalue weighted by atomic mass is 10.0. The lowest BCUT2D eigenvalue weighted by Crippen LogP contribution is -1.94. The fourth-order valence-electron chi connectivity index (χ4n) is 1.61. The van der Waals surface area contributed by atoms with Crippen molar-refractivity contribution in [1.29, 1.82) is 0 Å². The van der Waals surface area contributed by atoms with E-state index in [0.717, 1.165) is 0 Å². The van der Waals surface area contributed by atoms with Crippen LogP contribution >= 0.6 is 23.2 Å². The van der Waals surface area contributed by atoms with Crippen LogP contribution in [-0.4, -0.2) is 0 Å². The number of hydrogen-bond acceptors (Lipinski definition) is 1. The van der Waals surface area contributed by atoms with Crippen molar-refractivity contribution in [2.75, 3.05) is 5.73 Å². The Morgan fingerprint density at radius 1 is 1.12 bits per heavy atom. The normalized spacial score (nSPS) is 10.6. The van der Waals surface area contributed by atoms with Crippen molar-refractivity contribution in [3.63, 3.8) is 0 Å². The third-order valence-corrected chi connectivity index (χ3v) is 3.42. The summed E-state index contributed by atoms with van der Waals surface area (Å²) in [7, 11) is 0. The zero-order valence-electron chi connectivity index (χ0n) is 9.10. The summed E-state index contributed by atoms with van der Waals surface area (Å²) in [5.74, 6) is -0.360. The van der Waals surface area contributed by atoms with E-state index in [4.69, 9.17) is 28.9 Å². The Bertz CT molecular complexity index is 582. The van der Waals surface area contributed by atoms with Gasteiger partial charge < -0.3 is 5.73 Å². The number of nitrogen functional groups attached to an aromatic ring is 1. The highest BCUT2D eigenvalue weighted by Crippen LogP contribution is 2.36. The highest BCUT2D eigenvalue weighted by Gasteiger charge is 2.12. The molecule has 0 bridgehead atoms. The number of rotatable bonds is 1. The molecule has 0 spiro atoms. The molecule has 0 saturated carbocycles. The minimum atomic E-state index is -0.360. The minimum absolute atomic E-state index is 0.330. The summed E-state index contributed by atoms with van der Waals surface area (Å²) in [5.41, 5.74) is 7.90. The molecule has 88 valence electrons. The second kappa shape index (κ2) is 4.55. The highest BCUT2D eigenvalue weighted by molar-refractivity contribution is 6.43. The third-order valence-electron chi connectivity index (χ3n) is 2.60. The van der Waals surface area contributed by atoms with Gasteiger partial charge in [-0.25, -0.2) is 4.39 Å². The molecule has 0 fully saturated rings. The summed E-state index contributed by atoms with van der Waals surface area (Å²) in [6.45, 7) is 1.75. The third kappa shape index (κ3) is 2.24. The molecule has 0 saturated heterocycles. The van der Waals surface area contributed by atoms with Gasteiger partial charge in [0, 0.05) is 16.8 Å². The van der Waals surface area contributed by atoms with Crippen molar-refractivity contribution < 1.29 is 4.39 Å². The monoisotopic (exact) mass is 269 g/mol. The van der Waals surface area contributed by atoms with Crippen molar-refractivity contribution in [2.45, 2.75) is 6.92 Å². The number of nitrogens with two attached hydrogens (primary N) is 1. The summed E-state index contributed by atoms with van der Waals surface area (Å²) < 4.78 is 13.9. The van der Waals surface area contributed by atoms with Gasteiger partial charge in [0.25, 0.3) is 0 Å².